The second-order valence-corrected chi connectivity index (χ2v) is 16.0. The number of nitrogens with zero attached hydrogens (tertiary/aromatic N) is 3. The number of benzene rings is 9. The molecule has 0 amide bonds. The third kappa shape index (κ3) is 5.19. The molecule has 9 aromatic carbocycles. The molecule has 0 aliphatic rings. The van der Waals surface area contributed by atoms with Gasteiger partial charge >= 0.3 is 0 Å². The fourth-order valence-corrected chi connectivity index (χ4v) is 10.0. The van der Waals surface area contributed by atoms with Gasteiger partial charge in [0.15, 0.2) is 5.82 Å². The maximum Gasteiger partial charge on any atom is 0.165 e. The van der Waals surface area contributed by atoms with Gasteiger partial charge in [-0.05, 0) is 75.0 Å². The summed E-state index contributed by atoms with van der Waals surface area (Å²) in [5.41, 5.74) is 12.7. The van der Waals surface area contributed by atoms with E-state index in [0.717, 1.165) is 61.4 Å². The maximum absolute atomic E-state index is 5.70. The van der Waals surface area contributed by atoms with Crippen LogP contribution in [0.25, 0.3) is 114 Å². The van der Waals surface area contributed by atoms with E-state index in [1.807, 2.05) is 11.3 Å². The number of hydrogen-bond donors (Lipinski definition) is 0. The number of aromatic nitrogens is 3. The maximum atomic E-state index is 5.70. The zero-order chi connectivity index (χ0) is 38.2. The van der Waals surface area contributed by atoms with Gasteiger partial charge in [-0.25, -0.2) is 9.97 Å². The minimum Gasteiger partial charge on any atom is -0.292 e. The quantitative estimate of drug-likeness (QED) is 0.175. The van der Waals surface area contributed by atoms with Crippen molar-refractivity contribution in [2.45, 2.75) is 0 Å². The number of hydrogen-bond acceptors (Lipinski definition) is 3. The number of thiophene rings is 1. The summed E-state index contributed by atoms with van der Waals surface area (Å²) >= 11 is 1.86. The van der Waals surface area contributed by atoms with E-state index in [9.17, 15) is 0 Å². The first-order valence-electron chi connectivity index (χ1n) is 19.7. The molecule has 0 aliphatic heterocycles. The van der Waals surface area contributed by atoms with E-state index in [0.29, 0.717) is 0 Å². The van der Waals surface area contributed by atoms with Crippen molar-refractivity contribution < 1.29 is 0 Å². The van der Waals surface area contributed by atoms with Crippen LogP contribution in [0.15, 0.2) is 200 Å². The molecule has 58 heavy (non-hydrogen) atoms. The summed E-state index contributed by atoms with van der Waals surface area (Å²) in [6, 6.07) is 71.9. The summed E-state index contributed by atoms with van der Waals surface area (Å²) in [4.78, 5) is 11.3. The van der Waals surface area contributed by atoms with Gasteiger partial charge in [0.05, 0.1) is 22.1 Å². The SMILES string of the molecule is c1ccc(-c2ccc3c4cc5ccccc5cc4n(-c4nc5cc(-c6ccccc6)c(-c6cccc7c6sc6ccccc67)cc5nc4-c4ccccc4)c3c2)cc1. The van der Waals surface area contributed by atoms with Crippen LogP contribution in [-0.4, -0.2) is 14.5 Å². The van der Waals surface area contributed by atoms with Crippen molar-refractivity contribution in [1.29, 1.82) is 0 Å². The zero-order valence-electron chi connectivity index (χ0n) is 31.3. The molecule has 0 fully saturated rings. The molecular weight excluding hydrogens is 723 g/mol. The lowest BCUT2D eigenvalue weighted by molar-refractivity contribution is 1.08. The van der Waals surface area contributed by atoms with E-state index in [1.165, 1.54) is 52.8 Å². The molecule has 0 saturated heterocycles. The lowest BCUT2D eigenvalue weighted by Crippen LogP contribution is -2.04. The predicted octanol–water partition coefficient (Wildman–Crippen LogP) is 14.9. The molecule has 0 unspecified atom stereocenters. The Morgan fingerprint density at radius 2 is 0.983 bits per heavy atom. The summed E-state index contributed by atoms with van der Waals surface area (Å²) in [6.07, 6.45) is 0. The van der Waals surface area contributed by atoms with Crippen molar-refractivity contribution in [2.75, 3.05) is 0 Å². The molecule has 0 aliphatic carbocycles. The predicted molar refractivity (Wildman–Crippen MR) is 246 cm³/mol. The molecule has 3 heterocycles. The normalized spacial score (nSPS) is 11.8. The van der Waals surface area contributed by atoms with Crippen LogP contribution in [0.5, 0.6) is 0 Å². The molecule has 3 nitrogen and oxygen atoms in total. The lowest BCUT2D eigenvalue weighted by Gasteiger charge is -2.17. The second kappa shape index (κ2) is 13.1. The average Bonchev–Trinajstić information content (AvgIpc) is 3.83. The van der Waals surface area contributed by atoms with Crippen LogP contribution in [0.1, 0.15) is 0 Å². The van der Waals surface area contributed by atoms with Crippen LogP contribution in [-0.2, 0) is 0 Å². The fourth-order valence-electron chi connectivity index (χ4n) is 8.82. The van der Waals surface area contributed by atoms with Crippen molar-refractivity contribution in [3.63, 3.8) is 0 Å². The van der Waals surface area contributed by atoms with Crippen LogP contribution in [0.3, 0.4) is 0 Å². The van der Waals surface area contributed by atoms with Crippen molar-refractivity contribution in [3.05, 3.63) is 200 Å². The Bertz CT molecular complexity index is 3550. The van der Waals surface area contributed by atoms with Crippen LogP contribution in [0.2, 0.25) is 0 Å². The minimum atomic E-state index is 0.803. The van der Waals surface area contributed by atoms with E-state index in [1.54, 1.807) is 0 Å². The van der Waals surface area contributed by atoms with Crippen molar-refractivity contribution in [3.8, 4) is 50.5 Å². The highest BCUT2D eigenvalue weighted by Crippen LogP contribution is 2.45. The van der Waals surface area contributed by atoms with Gasteiger partial charge < -0.3 is 0 Å². The molecule has 0 saturated carbocycles. The zero-order valence-corrected chi connectivity index (χ0v) is 32.1. The Balaban J connectivity index is 1.20. The van der Waals surface area contributed by atoms with Crippen LogP contribution >= 0.6 is 11.3 Å². The van der Waals surface area contributed by atoms with Gasteiger partial charge in [-0.3, -0.25) is 4.57 Å². The van der Waals surface area contributed by atoms with E-state index in [-0.39, 0.29) is 0 Å². The highest BCUT2D eigenvalue weighted by Gasteiger charge is 2.22. The van der Waals surface area contributed by atoms with Crippen molar-refractivity contribution >= 4 is 75.1 Å². The smallest absolute Gasteiger partial charge is 0.165 e. The molecule has 12 aromatic rings. The Kier molecular flexibility index (Phi) is 7.40. The average molecular weight is 756 g/mol. The van der Waals surface area contributed by atoms with Gasteiger partial charge in [0.25, 0.3) is 0 Å². The van der Waals surface area contributed by atoms with Crippen LogP contribution < -0.4 is 0 Å². The van der Waals surface area contributed by atoms with Gasteiger partial charge in [-0.15, -0.1) is 11.3 Å². The molecule has 3 aromatic heterocycles. The Morgan fingerprint density at radius 3 is 1.78 bits per heavy atom. The first-order chi connectivity index (χ1) is 28.7. The van der Waals surface area contributed by atoms with E-state index in [4.69, 9.17) is 9.97 Å². The third-order valence-corrected chi connectivity index (χ3v) is 12.8. The summed E-state index contributed by atoms with van der Waals surface area (Å²) in [7, 11) is 0. The lowest BCUT2D eigenvalue weighted by atomic mass is 9.93. The van der Waals surface area contributed by atoms with Gasteiger partial charge in [-0.2, -0.15) is 0 Å². The van der Waals surface area contributed by atoms with E-state index < -0.39 is 0 Å². The summed E-state index contributed by atoms with van der Waals surface area (Å²) in [5.74, 6) is 0.803. The largest absolute Gasteiger partial charge is 0.292 e. The van der Waals surface area contributed by atoms with Crippen LogP contribution in [0, 0.1) is 0 Å². The molecule has 270 valence electrons. The summed E-state index contributed by atoms with van der Waals surface area (Å²) in [5, 5.41) is 7.32. The van der Waals surface area contributed by atoms with Crippen molar-refractivity contribution in [1.82, 2.24) is 14.5 Å². The topological polar surface area (TPSA) is 30.7 Å². The van der Waals surface area contributed by atoms with Gasteiger partial charge in [0, 0.05) is 42.1 Å². The summed E-state index contributed by atoms with van der Waals surface area (Å²) < 4.78 is 4.92. The molecule has 0 atom stereocenters. The molecule has 0 spiro atoms. The molecular formula is C54H33N3S. The number of fused-ring (bicyclic) bond motifs is 8. The Labute approximate surface area is 338 Å². The van der Waals surface area contributed by atoms with Gasteiger partial charge in [0.1, 0.15) is 5.69 Å². The minimum absolute atomic E-state index is 0.803. The summed E-state index contributed by atoms with van der Waals surface area (Å²) in [6.45, 7) is 0. The molecule has 12 rings (SSSR count). The highest BCUT2D eigenvalue weighted by atomic mass is 32.1. The standard InChI is InChI=1S/C54H33N3S/c1-4-15-34(16-5-1)39-27-28-40-46-29-37-21-10-11-22-38(37)30-50(46)57(49(40)31-39)54-52(36-19-8-3-9-20-36)55-47-33-45(44(32-48(47)56-54)35-17-6-2-7-18-35)43-25-14-24-42-41-23-12-13-26-51(41)58-53(42)43/h1-33H. The second-order valence-electron chi connectivity index (χ2n) is 14.9. The molecule has 0 N–H and O–H groups in total. The molecule has 4 heteroatoms. The van der Waals surface area contributed by atoms with E-state index in [2.05, 4.69) is 205 Å². The molecule has 0 bridgehead atoms. The van der Waals surface area contributed by atoms with Gasteiger partial charge in [0.2, 0.25) is 0 Å². The fraction of sp³-hybridized carbons (Fsp3) is 0. The Morgan fingerprint density at radius 1 is 0.362 bits per heavy atom. The molecule has 0 radical (unpaired) electrons. The van der Waals surface area contributed by atoms with Gasteiger partial charge in [-0.1, -0.05) is 164 Å². The first-order valence-corrected chi connectivity index (χ1v) is 20.5. The van der Waals surface area contributed by atoms with Crippen LogP contribution in [0.4, 0.5) is 0 Å². The third-order valence-electron chi connectivity index (χ3n) is 11.6. The van der Waals surface area contributed by atoms with E-state index >= 15 is 0 Å². The monoisotopic (exact) mass is 755 g/mol. The van der Waals surface area contributed by atoms with Crippen molar-refractivity contribution in [2.24, 2.45) is 0 Å². The Hall–Kier alpha value is -7.40. The first kappa shape index (κ1) is 32.8. The number of rotatable bonds is 5. The highest BCUT2D eigenvalue weighted by molar-refractivity contribution is 7.26.